The Morgan fingerprint density at radius 2 is 2.11 bits per heavy atom. The van der Waals surface area contributed by atoms with Crippen LogP contribution in [0.1, 0.15) is 39.0 Å². The number of carbonyl (C=O) groups is 1. The number of sulfone groups is 1. The third-order valence-electron chi connectivity index (χ3n) is 3.25. The number of hydrogen-bond acceptors (Lipinski definition) is 4. The lowest BCUT2D eigenvalue weighted by Crippen LogP contribution is -2.45. The summed E-state index contributed by atoms with van der Waals surface area (Å²) in [7, 11) is -3.10. The molecule has 0 aromatic heterocycles. The fourth-order valence-electron chi connectivity index (χ4n) is 2.38. The van der Waals surface area contributed by atoms with Crippen molar-refractivity contribution in [1.29, 1.82) is 0 Å². The summed E-state index contributed by atoms with van der Waals surface area (Å²) in [6.45, 7) is 2.40. The van der Waals surface area contributed by atoms with Gasteiger partial charge < -0.3 is 10.0 Å². The first-order valence-corrected chi connectivity index (χ1v) is 8.51. The predicted octanol–water partition coefficient (Wildman–Crippen LogP) is 0.573. The molecule has 1 aliphatic rings. The van der Waals surface area contributed by atoms with Crippen molar-refractivity contribution < 1.29 is 18.3 Å². The molecule has 6 heteroatoms. The average molecular weight is 277 g/mol. The van der Waals surface area contributed by atoms with E-state index in [4.69, 9.17) is 0 Å². The van der Waals surface area contributed by atoms with E-state index in [-0.39, 0.29) is 24.1 Å². The van der Waals surface area contributed by atoms with E-state index in [0.29, 0.717) is 13.0 Å². The molecule has 2 atom stereocenters. The van der Waals surface area contributed by atoms with Gasteiger partial charge in [-0.3, -0.25) is 4.79 Å². The molecule has 18 heavy (non-hydrogen) atoms. The van der Waals surface area contributed by atoms with Crippen LogP contribution in [0.5, 0.6) is 0 Å². The summed E-state index contributed by atoms with van der Waals surface area (Å²) in [5, 5.41) is 9.43. The lowest BCUT2D eigenvalue weighted by Gasteiger charge is -2.36. The molecule has 1 saturated heterocycles. The fraction of sp³-hybridized carbons (Fsp3) is 0.917. The maximum absolute atomic E-state index is 12.0. The normalized spacial score (nSPS) is 22.8. The van der Waals surface area contributed by atoms with Crippen molar-refractivity contribution in [3.05, 3.63) is 0 Å². The molecule has 0 aliphatic carbocycles. The maximum Gasteiger partial charge on any atom is 0.223 e. The van der Waals surface area contributed by atoms with Gasteiger partial charge >= 0.3 is 0 Å². The molecule has 0 spiro atoms. The molecule has 0 aromatic carbocycles. The maximum atomic E-state index is 12.0. The van der Waals surface area contributed by atoms with E-state index in [2.05, 4.69) is 0 Å². The number of likely N-dealkylation sites (tertiary alicyclic amines) is 1. The Hall–Kier alpha value is -0.620. The van der Waals surface area contributed by atoms with Crippen LogP contribution in [0.4, 0.5) is 0 Å². The molecule has 0 saturated carbocycles. The lowest BCUT2D eigenvalue weighted by molar-refractivity contribution is -0.135. The number of hydrogen-bond donors (Lipinski definition) is 1. The molecule has 0 radical (unpaired) electrons. The molecule has 1 amide bonds. The summed E-state index contributed by atoms with van der Waals surface area (Å²) >= 11 is 0. The van der Waals surface area contributed by atoms with Gasteiger partial charge in [-0.1, -0.05) is 0 Å². The molecule has 1 rings (SSSR count). The number of rotatable bonds is 5. The summed E-state index contributed by atoms with van der Waals surface area (Å²) < 4.78 is 22.1. The molecule has 106 valence electrons. The van der Waals surface area contributed by atoms with Crippen molar-refractivity contribution in [2.24, 2.45) is 0 Å². The molecule has 2 unspecified atom stereocenters. The second kappa shape index (κ2) is 6.52. The first kappa shape index (κ1) is 15.4. The average Bonchev–Trinajstić information content (AvgIpc) is 2.25. The number of amides is 1. The molecule has 1 heterocycles. The van der Waals surface area contributed by atoms with Gasteiger partial charge in [0.15, 0.2) is 0 Å². The monoisotopic (exact) mass is 277 g/mol. The van der Waals surface area contributed by atoms with Gasteiger partial charge in [0.2, 0.25) is 5.91 Å². The second-order valence-corrected chi connectivity index (χ2v) is 7.46. The van der Waals surface area contributed by atoms with E-state index in [1.165, 1.54) is 0 Å². The van der Waals surface area contributed by atoms with Gasteiger partial charge in [-0.05, 0) is 32.6 Å². The Labute approximate surface area is 109 Å². The van der Waals surface area contributed by atoms with Crippen LogP contribution in [0.15, 0.2) is 0 Å². The number of aliphatic hydroxyl groups excluding tert-OH is 1. The summed E-state index contributed by atoms with van der Waals surface area (Å²) in [5.41, 5.74) is 0. The number of carbonyl (C=O) groups excluding carboxylic acids is 1. The van der Waals surface area contributed by atoms with Gasteiger partial charge in [0.25, 0.3) is 0 Å². The Bertz CT molecular complexity index is 378. The van der Waals surface area contributed by atoms with E-state index >= 15 is 0 Å². The van der Waals surface area contributed by atoms with Gasteiger partial charge in [0.05, 0.1) is 11.9 Å². The largest absolute Gasteiger partial charge is 0.393 e. The molecule has 5 nitrogen and oxygen atoms in total. The SMILES string of the molecule is CC(O)CC1CCCCN1C(=O)CCS(C)(=O)=O. The summed E-state index contributed by atoms with van der Waals surface area (Å²) in [6, 6.07) is 0.0609. The number of nitrogens with zero attached hydrogens (tertiary/aromatic N) is 1. The van der Waals surface area contributed by atoms with Gasteiger partial charge in [0.1, 0.15) is 9.84 Å². The zero-order valence-corrected chi connectivity index (χ0v) is 11.9. The highest BCUT2D eigenvalue weighted by atomic mass is 32.2. The highest BCUT2D eigenvalue weighted by Gasteiger charge is 2.27. The van der Waals surface area contributed by atoms with E-state index in [1.807, 2.05) is 0 Å². The first-order valence-electron chi connectivity index (χ1n) is 6.45. The van der Waals surface area contributed by atoms with Crippen molar-refractivity contribution in [1.82, 2.24) is 4.90 Å². The van der Waals surface area contributed by atoms with Crippen LogP contribution in [0.2, 0.25) is 0 Å². The van der Waals surface area contributed by atoms with Crippen LogP contribution in [0.3, 0.4) is 0 Å². The molecular weight excluding hydrogens is 254 g/mol. The Kier molecular flexibility index (Phi) is 5.59. The summed E-state index contributed by atoms with van der Waals surface area (Å²) in [5.74, 6) is -0.199. The summed E-state index contributed by atoms with van der Waals surface area (Å²) in [4.78, 5) is 13.8. The van der Waals surface area contributed by atoms with Crippen LogP contribution >= 0.6 is 0 Å². The lowest BCUT2D eigenvalue weighted by atomic mass is 9.97. The highest BCUT2D eigenvalue weighted by molar-refractivity contribution is 7.90. The van der Waals surface area contributed by atoms with Crippen LogP contribution in [0, 0.1) is 0 Å². The van der Waals surface area contributed by atoms with Gasteiger partial charge in [-0.25, -0.2) is 8.42 Å². The quantitative estimate of drug-likeness (QED) is 0.797. The number of aliphatic hydroxyl groups is 1. The Morgan fingerprint density at radius 1 is 1.44 bits per heavy atom. The van der Waals surface area contributed by atoms with Crippen LogP contribution in [0.25, 0.3) is 0 Å². The smallest absolute Gasteiger partial charge is 0.223 e. The number of piperidine rings is 1. The molecule has 0 aromatic rings. The van der Waals surface area contributed by atoms with Crippen molar-refractivity contribution in [3.63, 3.8) is 0 Å². The molecular formula is C12H23NO4S. The van der Waals surface area contributed by atoms with Gasteiger partial charge in [-0.2, -0.15) is 0 Å². The molecule has 1 fully saturated rings. The van der Waals surface area contributed by atoms with Crippen LogP contribution < -0.4 is 0 Å². The minimum atomic E-state index is -3.10. The van der Waals surface area contributed by atoms with Crippen LogP contribution in [-0.4, -0.2) is 55.0 Å². The first-order chi connectivity index (χ1) is 8.29. The third kappa shape index (κ3) is 5.35. The van der Waals surface area contributed by atoms with E-state index in [1.54, 1.807) is 11.8 Å². The predicted molar refractivity (Wildman–Crippen MR) is 70.0 cm³/mol. The van der Waals surface area contributed by atoms with E-state index < -0.39 is 15.9 Å². The van der Waals surface area contributed by atoms with Gasteiger partial charge in [0, 0.05) is 25.3 Å². The summed E-state index contributed by atoms with van der Waals surface area (Å²) in [6.07, 6.45) is 4.26. The van der Waals surface area contributed by atoms with Crippen molar-refractivity contribution in [2.45, 2.75) is 51.2 Å². The minimum absolute atomic E-state index is 0.0507. The minimum Gasteiger partial charge on any atom is -0.393 e. The highest BCUT2D eigenvalue weighted by Crippen LogP contribution is 2.21. The van der Waals surface area contributed by atoms with Crippen LogP contribution in [-0.2, 0) is 14.6 Å². The topological polar surface area (TPSA) is 74.7 Å². The zero-order valence-electron chi connectivity index (χ0n) is 11.1. The van der Waals surface area contributed by atoms with Crippen molar-refractivity contribution in [2.75, 3.05) is 18.6 Å². The van der Waals surface area contributed by atoms with E-state index in [9.17, 15) is 18.3 Å². The standard InChI is InChI=1S/C12H23NO4S/c1-10(14)9-11-5-3-4-7-13(11)12(15)6-8-18(2,16)17/h10-11,14H,3-9H2,1-2H3. The molecule has 1 N–H and O–H groups in total. The second-order valence-electron chi connectivity index (χ2n) is 5.20. The molecule has 1 aliphatic heterocycles. The van der Waals surface area contributed by atoms with E-state index in [0.717, 1.165) is 25.5 Å². The third-order valence-corrected chi connectivity index (χ3v) is 4.19. The molecule has 0 bridgehead atoms. The Morgan fingerprint density at radius 3 is 2.67 bits per heavy atom. The Balaban J connectivity index is 2.57. The zero-order chi connectivity index (χ0) is 13.8. The fourth-order valence-corrected chi connectivity index (χ4v) is 2.93. The van der Waals surface area contributed by atoms with Crippen molar-refractivity contribution >= 4 is 15.7 Å². The van der Waals surface area contributed by atoms with Gasteiger partial charge in [-0.15, -0.1) is 0 Å². The van der Waals surface area contributed by atoms with Crippen molar-refractivity contribution in [3.8, 4) is 0 Å².